The van der Waals surface area contributed by atoms with E-state index in [0.717, 1.165) is 6.42 Å². The third kappa shape index (κ3) is 1.17. The zero-order valence-electron chi connectivity index (χ0n) is 9.08. The fourth-order valence-corrected chi connectivity index (χ4v) is 3.14. The van der Waals surface area contributed by atoms with Crippen LogP contribution in [-0.4, -0.2) is 17.0 Å². The van der Waals surface area contributed by atoms with Gasteiger partial charge in [-0.25, -0.2) is 0 Å². The molecule has 1 fully saturated rings. The minimum atomic E-state index is -0.284. The molecule has 2 rings (SSSR count). The second-order valence-electron chi connectivity index (χ2n) is 5.60. The number of hydrogen-bond donors (Lipinski definition) is 1. The summed E-state index contributed by atoms with van der Waals surface area (Å²) in [5.74, 6) is 0.497. The molecule has 3 atom stereocenters. The van der Waals surface area contributed by atoms with Crippen molar-refractivity contribution in [1.29, 1.82) is 0 Å². The monoisotopic (exact) mass is 194 g/mol. The van der Waals surface area contributed by atoms with Crippen molar-refractivity contribution in [2.45, 2.75) is 39.7 Å². The number of aliphatic hydroxyl groups excluding tert-OH is 1. The summed E-state index contributed by atoms with van der Waals surface area (Å²) in [4.78, 5) is 11.4. The van der Waals surface area contributed by atoms with Gasteiger partial charge >= 0.3 is 0 Å². The molecule has 0 aromatic rings. The number of ketones is 1. The van der Waals surface area contributed by atoms with Crippen LogP contribution in [0.2, 0.25) is 0 Å². The van der Waals surface area contributed by atoms with Crippen molar-refractivity contribution in [1.82, 2.24) is 0 Å². The van der Waals surface area contributed by atoms with Gasteiger partial charge in [-0.1, -0.05) is 26.8 Å². The van der Waals surface area contributed by atoms with E-state index in [4.69, 9.17) is 0 Å². The Labute approximate surface area is 85.0 Å². The minimum Gasteiger partial charge on any atom is -0.393 e. The third-order valence-corrected chi connectivity index (χ3v) is 4.24. The number of carbonyl (C=O) groups excluding carboxylic acids is 1. The molecule has 0 amide bonds. The van der Waals surface area contributed by atoms with Gasteiger partial charge in [0.2, 0.25) is 0 Å². The van der Waals surface area contributed by atoms with Crippen molar-refractivity contribution in [3.8, 4) is 0 Å². The second-order valence-corrected chi connectivity index (χ2v) is 5.60. The molecule has 0 aliphatic heterocycles. The third-order valence-electron chi connectivity index (χ3n) is 4.24. The van der Waals surface area contributed by atoms with Crippen LogP contribution in [0.15, 0.2) is 12.2 Å². The molecule has 0 aromatic heterocycles. The van der Waals surface area contributed by atoms with Crippen molar-refractivity contribution in [3.63, 3.8) is 0 Å². The molecule has 0 radical (unpaired) electrons. The number of allylic oxidation sites excluding steroid dienone is 2. The summed E-state index contributed by atoms with van der Waals surface area (Å²) in [5.41, 5.74) is -0.105. The first-order valence-corrected chi connectivity index (χ1v) is 5.26. The Morgan fingerprint density at radius 3 is 2.71 bits per heavy atom. The summed E-state index contributed by atoms with van der Waals surface area (Å²) in [6.45, 7) is 6.29. The second kappa shape index (κ2) is 2.69. The van der Waals surface area contributed by atoms with Crippen molar-refractivity contribution in [2.24, 2.45) is 16.7 Å². The summed E-state index contributed by atoms with van der Waals surface area (Å²) in [7, 11) is 0. The van der Waals surface area contributed by atoms with Crippen LogP contribution in [0, 0.1) is 16.7 Å². The smallest absolute Gasteiger partial charge is 0.155 e. The Balaban J connectivity index is 2.41. The van der Waals surface area contributed by atoms with Gasteiger partial charge in [-0.3, -0.25) is 4.79 Å². The van der Waals surface area contributed by atoms with Crippen molar-refractivity contribution in [3.05, 3.63) is 12.2 Å². The zero-order valence-corrected chi connectivity index (χ0v) is 9.08. The summed E-state index contributed by atoms with van der Waals surface area (Å²) in [6, 6.07) is 0. The van der Waals surface area contributed by atoms with Crippen LogP contribution in [0.5, 0.6) is 0 Å². The van der Waals surface area contributed by atoms with Crippen LogP contribution in [0.4, 0.5) is 0 Å². The van der Waals surface area contributed by atoms with Gasteiger partial charge < -0.3 is 5.11 Å². The van der Waals surface area contributed by atoms with E-state index in [1.165, 1.54) is 0 Å². The maximum atomic E-state index is 11.4. The van der Waals surface area contributed by atoms with E-state index in [1.54, 1.807) is 6.08 Å². The van der Waals surface area contributed by atoms with Crippen LogP contribution in [0.25, 0.3) is 0 Å². The lowest BCUT2D eigenvalue weighted by atomic mass is 9.66. The van der Waals surface area contributed by atoms with Crippen molar-refractivity contribution in [2.75, 3.05) is 0 Å². The van der Waals surface area contributed by atoms with Crippen molar-refractivity contribution < 1.29 is 9.90 Å². The molecule has 0 aromatic carbocycles. The topological polar surface area (TPSA) is 37.3 Å². The average Bonchev–Trinajstić information content (AvgIpc) is 2.24. The fourth-order valence-electron chi connectivity index (χ4n) is 3.14. The summed E-state index contributed by atoms with van der Waals surface area (Å²) < 4.78 is 0. The van der Waals surface area contributed by atoms with Crippen LogP contribution < -0.4 is 0 Å². The first-order chi connectivity index (χ1) is 6.36. The van der Waals surface area contributed by atoms with Crippen LogP contribution in [0.3, 0.4) is 0 Å². The lowest BCUT2D eigenvalue weighted by Crippen LogP contribution is -2.35. The fraction of sp³-hybridized carbons (Fsp3) is 0.750. The molecular formula is C12H18O2. The SMILES string of the molecule is CC1(C)[C@H]2CC(=O)C=C[C@@]2(C)C[C@@H]1O. The van der Waals surface area contributed by atoms with E-state index < -0.39 is 0 Å². The van der Waals surface area contributed by atoms with E-state index in [-0.39, 0.29) is 22.7 Å². The lowest BCUT2D eigenvalue weighted by Gasteiger charge is -2.37. The summed E-state index contributed by atoms with van der Waals surface area (Å²) in [6.07, 6.45) is 4.78. The predicted octanol–water partition coefficient (Wildman–Crippen LogP) is 1.93. The molecule has 2 heteroatoms. The summed E-state index contributed by atoms with van der Waals surface area (Å²) >= 11 is 0. The Kier molecular flexibility index (Phi) is 1.91. The first kappa shape index (κ1) is 9.91. The number of fused-ring (bicyclic) bond motifs is 1. The number of hydrogen-bond acceptors (Lipinski definition) is 2. The van der Waals surface area contributed by atoms with Gasteiger partial charge in [0.05, 0.1) is 6.10 Å². The predicted molar refractivity (Wildman–Crippen MR) is 54.8 cm³/mol. The molecule has 2 aliphatic rings. The Hall–Kier alpha value is -0.630. The van der Waals surface area contributed by atoms with E-state index in [1.807, 2.05) is 6.08 Å². The van der Waals surface area contributed by atoms with Gasteiger partial charge in [-0.2, -0.15) is 0 Å². The molecule has 78 valence electrons. The van der Waals surface area contributed by atoms with E-state index in [0.29, 0.717) is 12.3 Å². The van der Waals surface area contributed by atoms with Crippen LogP contribution in [-0.2, 0) is 4.79 Å². The number of carbonyl (C=O) groups is 1. The maximum absolute atomic E-state index is 11.4. The van der Waals surface area contributed by atoms with Gasteiger partial charge in [-0.05, 0) is 29.2 Å². The maximum Gasteiger partial charge on any atom is 0.155 e. The highest BCUT2D eigenvalue weighted by atomic mass is 16.3. The van der Waals surface area contributed by atoms with E-state index in [2.05, 4.69) is 20.8 Å². The molecular weight excluding hydrogens is 176 g/mol. The van der Waals surface area contributed by atoms with E-state index in [9.17, 15) is 9.90 Å². The molecule has 1 saturated carbocycles. The Morgan fingerprint density at radius 1 is 1.43 bits per heavy atom. The Bertz CT molecular complexity index is 303. The standard InChI is InChI=1S/C12H18O2/c1-11(2)9-6-8(13)4-5-12(9,3)7-10(11)14/h4-5,9-10,14H,6-7H2,1-3H3/t9-,10+,12+/m1/s1. The molecule has 0 bridgehead atoms. The molecule has 0 unspecified atom stereocenters. The van der Waals surface area contributed by atoms with Crippen LogP contribution >= 0.6 is 0 Å². The van der Waals surface area contributed by atoms with Gasteiger partial charge in [0.15, 0.2) is 5.78 Å². The van der Waals surface area contributed by atoms with Gasteiger partial charge in [0, 0.05) is 6.42 Å². The average molecular weight is 194 g/mol. The normalized spacial score (nSPS) is 45.3. The summed E-state index contributed by atoms with van der Waals surface area (Å²) in [5, 5.41) is 9.99. The van der Waals surface area contributed by atoms with Gasteiger partial charge in [0.25, 0.3) is 0 Å². The lowest BCUT2D eigenvalue weighted by molar-refractivity contribution is -0.118. The molecule has 0 spiro atoms. The highest BCUT2D eigenvalue weighted by Gasteiger charge is 2.55. The quantitative estimate of drug-likeness (QED) is 0.639. The highest BCUT2D eigenvalue weighted by molar-refractivity contribution is 5.91. The first-order valence-electron chi connectivity index (χ1n) is 5.26. The molecule has 0 heterocycles. The molecule has 14 heavy (non-hydrogen) atoms. The highest BCUT2D eigenvalue weighted by Crippen LogP contribution is 2.57. The zero-order chi connectivity index (χ0) is 10.6. The van der Waals surface area contributed by atoms with E-state index >= 15 is 0 Å². The number of aliphatic hydroxyl groups is 1. The van der Waals surface area contributed by atoms with Gasteiger partial charge in [-0.15, -0.1) is 0 Å². The van der Waals surface area contributed by atoms with Crippen molar-refractivity contribution >= 4 is 5.78 Å². The Morgan fingerprint density at radius 2 is 2.07 bits per heavy atom. The van der Waals surface area contributed by atoms with Crippen LogP contribution in [0.1, 0.15) is 33.6 Å². The molecule has 1 N–H and O–H groups in total. The minimum absolute atomic E-state index is 0.0246. The largest absolute Gasteiger partial charge is 0.393 e. The molecule has 0 saturated heterocycles. The molecule has 2 aliphatic carbocycles. The molecule has 2 nitrogen and oxygen atoms in total. The number of rotatable bonds is 0. The van der Waals surface area contributed by atoms with Gasteiger partial charge in [0.1, 0.15) is 0 Å².